The normalized spacial score (nSPS) is 16.6. The molecular weight excluding hydrogens is 450 g/mol. The van der Waals surface area contributed by atoms with Gasteiger partial charge in [-0.1, -0.05) is 6.07 Å². The third-order valence-corrected chi connectivity index (χ3v) is 6.85. The molecule has 4 rings (SSSR count). The molecule has 0 spiro atoms. The number of nitrogens with zero attached hydrogens (tertiary/aromatic N) is 4. The number of hydrogen-bond donors (Lipinski definition) is 1. The van der Waals surface area contributed by atoms with Crippen LogP contribution in [-0.4, -0.2) is 58.6 Å². The number of carbonyl (C=O) groups excluding carboxylic acids is 2. The number of ether oxygens (including phenoxy) is 1. The molecular formula is C21H23N5O6S. The standard InChI is InChI=1S/C21H23N5O6S/c1-2-31-21(28)17-8-9-19(32-17)33(29,30)26-12-5-7-16(26)20(27)23-18-10-13-25(24-18)14-15-6-3-4-11-22-15/h3-4,6,8-11,13,16H,2,5,7,12,14H2,1H3,(H,23,24,27). The summed E-state index contributed by atoms with van der Waals surface area (Å²) in [6.45, 7) is 2.35. The molecule has 0 saturated carbocycles. The zero-order chi connectivity index (χ0) is 23.4. The average Bonchev–Trinajstić information content (AvgIpc) is 3.56. The molecule has 33 heavy (non-hydrogen) atoms. The first-order chi connectivity index (χ1) is 15.9. The van der Waals surface area contributed by atoms with Crippen molar-refractivity contribution in [3.05, 3.63) is 60.2 Å². The number of sulfonamides is 1. The molecule has 3 aromatic rings. The number of anilines is 1. The summed E-state index contributed by atoms with van der Waals surface area (Å²) in [6, 6.07) is 8.69. The van der Waals surface area contributed by atoms with E-state index in [0.29, 0.717) is 25.2 Å². The Balaban J connectivity index is 1.45. The molecule has 3 aromatic heterocycles. The maximum absolute atomic E-state index is 13.1. The fraction of sp³-hybridized carbons (Fsp3) is 0.333. The summed E-state index contributed by atoms with van der Waals surface area (Å²) in [5.74, 6) is -1.15. The first-order valence-electron chi connectivity index (χ1n) is 10.4. The van der Waals surface area contributed by atoms with Gasteiger partial charge in [-0.25, -0.2) is 13.2 Å². The molecule has 4 heterocycles. The van der Waals surface area contributed by atoms with Crippen molar-refractivity contribution in [2.75, 3.05) is 18.5 Å². The molecule has 0 aromatic carbocycles. The third-order valence-electron chi connectivity index (χ3n) is 5.07. The van der Waals surface area contributed by atoms with E-state index in [1.54, 1.807) is 30.1 Å². The van der Waals surface area contributed by atoms with Crippen LogP contribution in [0, 0.1) is 0 Å². The Bertz CT molecular complexity index is 1240. The second-order valence-electron chi connectivity index (χ2n) is 7.32. The molecule has 174 valence electrons. The minimum Gasteiger partial charge on any atom is -0.460 e. The van der Waals surface area contributed by atoms with Gasteiger partial charge in [0.05, 0.1) is 18.8 Å². The average molecular weight is 474 g/mol. The Kier molecular flexibility index (Phi) is 6.56. The van der Waals surface area contributed by atoms with Crippen LogP contribution in [-0.2, 0) is 26.1 Å². The van der Waals surface area contributed by atoms with Crippen molar-refractivity contribution >= 4 is 27.7 Å². The molecule has 1 atom stereocenters. The van der Waals surface area contributed by atoms with E-state index in [1.807, 2.05) is 18.2 Å². The fourth-order valence-corrected chi connectivity index (χ4v) is 5.13. The highest BCUT2D eigenvalue weighted by molar-refractivity contribution is 7.89. The topological polar surface area (TPSA) is 137 Å². The molecule has 1 N–H and O–H groups in total. The van der Waals surface area contributed by atoms with Gasteiger partial charge in [0.25, 0.3) is 10.0 Å². The molecule has 1 amide bonds. The van der Waals surface area contributed by atoms with Crippen molar-refractivity contribution in [2.24, 2.45) is 0 Å². The first kappa shape index (κ1) is 22.7. The van der Waals surface area contributed by atoms with Crippen molar-refractivity contribution in [1.29, 1.82) is 0 Å². The van der Waals surface area contributed by atoms with Crippen LogP contribution in [0.4, 0.5) is 5.82 Å². The summed E-state index contributed by atoms with van der Waals surface area (Å²) in [5.41, 5.74) is 0.812. The Morgan fingerprint density at radius 2 is 2.09 bits per heavy atom. The Morgan fingerprint density at radius 3 is 2.85 bits per heavy atom. The van der Waals surface area contributed by atoms with Crippen molar-refractivity contribution in [3.63, 3.8) is 0 Å². The Labute approximate surface area is 190 Å². The summed E-state index contributed by atoms with van der Waals surface area (Å²) in [4.78, 5) is 28.9. The van der Waals surface area contributed by atoms with Gasteiger partial charge in [0.2, 0.25) is 16.8 Å². The van der Waals surface area contributed by atoms with Gasteiger partial charge in [-0.15, -0.1) is 0 Å². The number of carbonyl (C=O) groups is 2. The number of hydrogen-bond acceptors (Lipinski definition) is 8. The predicted octanol–water partition coefficient (Wildman–Crippen LogP) is 1.89. The van der Waals surface area contributed by atoms with Crippen molar-refractivity contribution < 1.29 is 27.2 Å². The summed E-state index contributed by atoms with van der Waals surface area (Å²) in [6.07, 6.45) is 4.25. The van der Waals surface area contributed by atoms with Gasteiger partial charge in [-0.05, 0) is 44.0 Å². The van der Waals surface area contributed by atoms with Gasteiger partial charge in [0.1, 0.15) is 6.04 Å². The lowest BCUT2D eigenvalue weighted by Gasteiger charge is -2.21. The quantitative estimate of drug-likeness (QED) is 0.490. The minimum atomic E-state index is -4.12. The van der Waals surface area contributed by atoms with Crippen LogP contribution in [0.1, 0.15) is 36.0 Å². The second-order valence-corrected chi connectivity index (χ2v) is 9.14. The van der Waals surface area contributed by atoms with Crippen LogP contribution < -0.4 is 5.32 Å². The number of aromatic nitrogens is 3. The smallest absolute Gasteiger partial charge is 0.374 e. The highest BCUT2D eigenvalue weighted by atomic mass is 32.2. The molecule has 1 fully saturated rings. The predicted molar refractivity (Wildman–Crippen MR) is 116 cm³/mol. The molecule has 1 aliphatic heterocycles. The summed E-state index contributed by atoms with van der Waals surface area (Å²) < 4.78 is 38.9. The monoisotopic (exact) mass is 473 g/mol. The van der Waals surface area contributed by atoms with Gasteiger partial charge >= 0.3 is 5.97 Å². The van der Waals surface area contributed by atoms with Crippen LogP contribution in [0.3, 0.4) is 0 Å². The van der Waals surface area contributed by atoms with Crippen molar-refractivity contribution in [3.8, 4) is 0 Å². The molecule has 11 nitrogen and oxygen atoms in total. The van der Waals surface area contributed by atoms with Gasteiger partial charge in [0, 0.05) is 25.0 Å². The summed E-state index contributed by atoms with van der Waals surface area (Å²) in [5, 5.41) is 6.58. The van der Waals surface area contributed by atoms with E-state index >= 15 is 0 Å². The number of furan rings is 1. The van der Waals surface area contributed by atoms with Crippen LogP contribution in [0.2, 0.25) is 0 Å². The van der Waals surface area contributed by atoms with Crippen LogP contribution in [0.5, 0.6) is 0 Å². The number of pyridine rings is 1. The van der Waals surface area contributed by atoms with Gasteiger partial charge in [-0.3, -0.25) is 14.5 Å². The molecule has 1 aliphatic rings. The van der Waals surface area contributed by atoms with E-state index in [2.05, 4.69) is 15.4 Å². The molecule has 0 aliphatic carbocycles. The molecule has 1 saturated heterocycles. The van der Waals surface area contributed by atoms with E-state index in [9.17, 15) is 18.0 Å². The van der Waals surface area contributed by atoms with E-state index in [1.165, 1.54) is 12.1 Å². The van der Waals surface area contributed by atoms with Crippen LogP contribution in [0.15, 0.2) is 58.3 Å². The molecule has 1 unspecified atom stereocenters. The zero-order valence-electron chi connectivity index (χ0n) is 17.9. The zero-order valence-corrected chi connectivity index (χ0v) is 18.7. The first-order valence-corrected chi connectivity index (χ1v) is 11.9. The maximum Gasteiger partial charge on any atom is 0.374 e. The van der Waals surface area contributed by atoms with E-state index < -0.39 is 33.0 Å². The highest BCUT2D eigenvalue weighted by Gasteiger charge is 2.41. The molecule has 0 radical (unpaired) electrons. The lowest BCUT2D eigenvalue weighted by molar-refractivity contribution is -0.119. The minimum absolute atomic E-state index is 0.133. The molecule has 12 heteroatoms. The fourth-order valence-electron chi connectivity index (χ4n) is 3.56. The second kappa shape index (κ2) is 9.55. The van der Waals surface area contributed by atoms with Gasteiger partial charge in [0.15, 0.2) is 5.82 Å². The van der Waals surface area contributed by atoms with E-state index in [-0.39, 0.29) is 18.9 Å². The number of nitrogens with one attached hydrogen (secondary N) is 1. The largest absolute Gasteiger partial charge is 0.460 e. The number of rotatable bonds is 8. The summed E-state index contributed by atoms with van der Waals surface area (Å²) in [7, 11) is -4.12. The maximum atomic E-state index is 13.1. The van der Waals surface area contributed by atoms with Gasteiger partial charge < -0.3 is 14.5 Å². The van der Waals surface area contributed by atoms with E-state index in [0.717, 1.165) is 10.00 Å². The van der Waals surface area contributed by atoms with Crippen LogP contribution >= 0.6 is 0 Å². The highest BCUT2D eigenvalue weighted by Crippen LogP contribution is 2.28. The lowest BCUT2D eigenvalue weighted by atomic mass is 10.2. The van der Waals surface area contributed by atoms with Gasteiger partial charge in [-0.2, -0.15) is 9.40 Å². The third kappa shape index (κ3) is 4.96. The van der Waals surface area contributed by atoms with Crippen molar-refractivity contribution in [2.45, 2.75) is 37.4 Å². The van der Waals surface area contributed by atoms with E-state index in [4.69, 9.17) is 9.15 Å². The van der Waals surface area contributed by atoms with Crippen molar-refractivity contribution in [1.82, 2.24) is 19.1 Å². The Hall–Kier alpha value is -3.51. The summed E-state index contributed by atoms with van der Waals surface area (Å²) >= 11 is 0. The van der Waals surface area contributed by atoms with Crippen LogP contribution in [0.25, 0.3) is 0 Å². The SMILES string of the molecule is CCOC(=O)c1ccc(S(=O)(=O)N2CCCC2C(=O)Nc2ccn(Cc3ccccn3)n2)o1. The molecule has 0 bridgehead atoms. The number of esters is 1. The lowest BCUT2D eigenvalue weighted by Crippen LogP contribution is -2.43. The number of amides is 1. The Morgan fingerprint density at radius 1 is 1.24 bits per heavy atom.